The summed E-state index contributed by atoms with van der Waals surface area (Å²) in [7, 11) is 0. The van der Waals surface area contributed by atoms with Gasteiger partial charge in [0.25, 0.3) is 0 Å². The van der Waals surface area contributed by atoms with Crippen LogP contribution in [0.1, 0.15) is 39.0 Å². The van der Waals surface area contributed by atoms with E-state index in [1.807, 2.05) is 6.08 Å². The van der Waals surface area contributed by atoms with Crippen molar-refractivity contribution >= 4 is 0 Å². The third kappa shape index (κ3) is 4.10. The average Bonchev–Trinajstić information content (AvgIpc) is 2.39. The van der Waals surface area contributed by atoms with Gasteiger partial charge in [-0.15, -0.1) is 0 Å². The van der Waals surface area contributed by atoms with Crippen molar-refractivity contribution in [3.8, 4) is 0 Å². The second-order valence-corrected chi connectivity index (χ2v) is 4.49. The molecule has 1 saturated heterocycles. The summed E-state index contributed by atoms with van der Waals surface area (Å²) in [6.45, 7) is 11.2. The van der Waals surface area contributed by atoms with Gasteiger partial charge in [-0.25, -0.2) is 0 Å². The maximum atomic E-state index is 3.96. The molecule has 2 atom stereocenters. The van der Waals surface area contributed by atoms with Gasteiger partial charge in [0.15, 0.2) is 0 Å². The van der Waals surface area contributed by atoms with Crippen molar-refractivity contribution in [1.29, 1.82) is 0 Å². The zero-order valence-corrected chi connectivity index (χ0v) is 9.39. The van der Waals surface area contributed by atoms with Gasteiger partial charge in [0.1, 0.15) is 0 Å². The highest BCUT2D eigenvalue weighted by atomic mass is 14.9. The minimum atomic E-state index is 0.711. The van der Waals surface area contributed by atoms with Crippen molar-refractivity contribution in [2.75, 3.05) is 6.54 Å². The highest BCUT2D eigenvalue weighted by Crippen LogP contribution is 2.22. The molecule has 0 aliphatic carbocycles. The molecule has 0 aromatic carbocycles. The molecule has 0 aromatic rings. The quantitative estimate of drug-likeness (QED) is 0.676. The minimum absolute atomic E-state index is 0.711. The van der Waals surface area contributed by atoms with E-state index in [0.717, 1.165) is 12.3 Å². The summed E-state index contributed by atoms with van der Waals surface area (Å²) in [4.78, 5) is 0. The Balaban J connectivity index is 2.23. The molecule has 1 heterocycles. The standard InChI is InChI=1S/C13H23N/c1-4-11(2)5-7-13-8-6-12(3)14-10-9-13/h4,12-14H,1-2,5-10H2,3H3. The van der Waals surface area contributed by atoms with Crippen LogP contribution in [0.3, 0.4) is 0 Å². The van der Waals surface area contributed by atoms with Gasteiger partial charge in [-0.2, -0.15) is 0 Å². The van der Waals surface area contributed by atoms with E-state index in [0.29, 0.717) is 6.04 Å². The van der Waals surface area contributed by atoms with Gasteiger partial charge in [0.2, 0.25) is 0 Å². The van der Waals surface area contributed by atoms with Crippen molar-refractivity contribution in [2.24, 2.45) is 5.92 Å². The number of rotatable bonds is 4. The first-order valence-corrected chi connectivity index (χ1v) is 5.76. The monoisotopic (exact) mass is 193 g/mol. The first-order valence-electron chi connectivity index (χ1n) is 5.76. The fraction of sp³-hybridized carbons (Fsp3) is 0.692. The van der Waals surface area contributed by atoms with Gasteiger partial charge in [0.05, 0.1) is 0 Å². The molecule has 80 valence electrons. The van der Waals surface area contributed by atoms with E-state index < -0.39 is 0 Å². The van der Waals surface area contributed by atoms with Crippen LogP contribution in [-0.4, -0.2) is 12.6 Å². The van der Waals surface area contributed by atoms with Crippen LogP contribution in [0, 0.1) is 5.92 Å². The highest BCUT2D eigenvalue weighted by molar-refractivity contribution is 5.10. The van der Waals surface area contributed by atoms with Crippen LogP contribution in [0.4, 0.5) is 0 Å². The summed E-state index contributed by atoms with van der Waals surface area (Å²) in [5.41, 5.74) is 1.19. The Kier molecular flexibility index (Phi) is 4.95. The lowest BCUT2D eigenvalue weighted by Crippen LogP contribution is -2.24. The first kappa shape index (κ1) is 11.5. The Hall–Kier alpha value is -0.560. The smallest absolute Gasteiger partial charge is 0.00388 e. The molecule has 1 heteroatoms. The van der Waals surface area contributed by atoms with Crippen molar-refractivity contribution < 1.29 is 0 Å². The number of hydrogen-bond acceptors (Lipinski definition) is 1. The Bertz CT molecular complexity index is 195. The van der Waals surface area contributed by atoms with E-state index in [1.54, 1.807) is 0 Å². The van der Waals surface area contributed by atoms with E-state index in [2.05, 4.69) is 25.4 Å². The van der Waals surface area contributed by atoms with Gasteiger partial charge in [-0.3, -0.25) is 0 Å². The molecule has 0 saturated carbocycles. The largest absolute Gasteiger partial charge is 0.314 e. The zero-order chi connectivity index (χ0) is 10.4. The van der Waals surface area contributed by atoms with Crippen LogP contribution in [0.2, 0.25) is 0 Å². The number of nitrogens with one attached hydrogen (secondary N) is 1. The third-order valence-corrected chi connectivity index (χ3v) is 3.22. The molecule has 1 nitrogen and oxygen atoms in total. The summed E-state index contributed by atoms with van der Waals surface area (Å²) >= 11 is 0. The summed E-state index contributed by atoms with van der Waals surface area (Å²) in [5, 5.41) is 3.53. The summed E-state index contributed by atoms with van der Waals surface area (Å²) in [6.07, 6.45) is 8.33. The van der Waals surface area contributed by atoms with E-state index >= 15 is 0 Å². The van der Waals surface area contributed by atoms with Crippen LogP contribution in [0.5, 0.6) is 0 Å². The Morgan fingerprint density at radius 3 is 2.93 bits per heavy atom. The second kappa shape index (κ2) is 6.02. The minimum Gasteiger partial charge on any atom is -0.314 e. The first-order chi connectivity index (χ1) is 6.72. The van der Waals surface area contributed by atoms with Crippen LogP contribution >= 0.6 is 0 Å². The van der Waals surface area contributed by atoms with Gasteiger partial charge < -0.3 is 5.32 Å². The maximum absolute atomic E-state index is 3.96. The molecule has 1 fully saturated rings. The zero-order valence-electron chi connectivity index (χ0n) is 9.39. The Labute approximate surface area is 88.3 Å². The molecule has 0 radical (unpaired) electrons. The molecule has 0 spiro atoms. The van der Waals surface area contributed by atoms with Crippen molar-refractivity contribution in [3.63, 3.8) is 0 Å². The molecule has 14 heavy (non-hydrogen) atoms. The lowest BCUT2D eigenvalue weighted by Gasteiger charge is -2.13. The fourth-order valence-corrected chi connectivity index (χ4v) is 2.05. The topological polar surface area (TPSA) is 12.0 Å². The van der Waals surface area contributed by atoms with E-state index in [9.17, 15) is 0 Å². The molecule has 1 aliphatic rings. The molecule has 2 unspecified atom stereocenters. The normalized spacial score (nSPS) is 28.1. The lowest BCUT2D eigenvalue weighted by atomic mass is 9.93. The predicted molar refractivity (Wildman–Crippen MR) is 63.4 cm³/mol. The van der Waals surface area contributed by atoms with Crippen LogP contribution in [0.25, 0.3) is 0 Å². The molecule has 0 amide bonds. The molecule has 1 N–H and O–H groups in total. The summed E-state index contributed by atoms with van der Waals surface area (Å²) in [5.74, 6) is 0.893. The molecule has 0 bridgehead atoms. The third-order valence-electron chi connectivity index (χ3n) is 3.22. The van der Waals surface area contributed by atoms with Crippen molar-refractivity contribution in [1.82, 2.24) is 5.32 Å². The Morgan fingerprint density at radius 2 is 2.21 bits per heavy atom. The average molecular weight is 193 g/mol. The summed E-state index contributed by atoms with van der Waals surface area (Å²) in [6, 6.07) is 0.711. The number of allylic oxidation sites excluding steroid dienone is 2. The molecule has 1 rings (SSSR count). The second-order valence-electron chi connectivity index (χ2n) is 4.49. The van der Waals surface area contributed by atoms with E-state index in [1.165, 1.54) is 37.8 Å². The molecule has 0 aromatic heterocycles. The molecule has 1 aliphatic heterocycles. The maximum Gasteiger partial charge on any atom is 0.00388 e. The van der Waals surface area contributed by atoms with E-state index in [4.69, 9.17) is 0 Å². The van der Waals surface area contributed by atoms with Gasteiger partial charge in [-0.1, -0.05) is 24.8 Å². The van der Waals surface area contributed by atoms with Gasteiger partial charge >= 0.3 is 0 Å². The lowest BCUT2D eigenvalue weighted by molar-refractivity contribution is 0.435. The van der Waals surface area contributed by atoms with Gasteiger partial charge in [0, 0.05) is 6.04 Å². The summed E-state index contributed by atoms with van der Waals surface area (Å²) < 4.78 is 0. The van der Waals surface area contributed by atoms with Crippen molar-refractivity contribution in [3.05, 3.63) is 24.8 Å². The van der Waals surface area contributed by atoms with Crippen LogP contribution in [-0.2, 0) is 0 Å². The fourth-order valence-electron chi connectivity index (χ4n) is 2.05. The SMILES string of the molecule is C=CC(=C)CCC1CCNC(C)CC1. The van der Waals surface area contributed by atoms with Gasteiger partial charge in [-0.05, 0) is 51.5 Å². The predicted octanol–water partition coefficient (Wildman–Crippen LogP) is 3.29. The van der Waals surface area contributed by atoms with E-state index in [-0.39, 0.29) is 0 Å². The molecular formula is C13H23N. The van der Waals surface area contributed by atoms with Crippen LogP contribution < -0.4 is 5.32 Å². The van der Waals surface area contributed by atoms with Crippen LogP contribution in [0.15, 0.2) is 24.8 Å². The number of hydrogen-bond donors (Lipinski definition) is 1. The molecular weight excluding hydrogens is 170 g/mol. The van der Waals surface area contributed by atoms with Crippen molar-refractivity contribution in [2.45, 2.75) is 45.1 Å². The highest BCUT2D eigenvalue weighted by Gasteiger charge is 2.14. The Morgan fingerprint density at radius 1 is 1.43 bits per heavy atom.